The predicted molar refractivity (Wildman–Crippen MR) is 97.1 cm³/mol. The molecule has 2 N–H and O–H groups in total. The largest absolute Gasteiger partial charge is 0.495 e. The van der Waals surface area contributed by atoms with Gasteiger partial charge in [0.05, 0.1) is 25.1 Å². The molecule has 0 bridgehead atoms. The molecule has 0 aliphatic carbocycles. The lowest BCUT2D eigenvalue weighted by Crippen LogP contribution is -2.53. The number of nitrogens with one attached hydrogen (secondary N) is 1. The molecule has 0 spiro atoms. The van der Waals surface area contributed by atoms with Crippen molar-refractivity contribution < 1.29 is 24.2 Å². The molecule has 2 rings (SSSR count). The number of carbonyl (C=O) groups excluding carboxylic acids is 2. The minimum Gasteiger partial charge on any atom is -0.495 e. The Labute approximate surface area is 153 Å². The Bertz CT molecular complexity index is 703. The highest BCUT2D eigenvalue weighted by atomic mass is 16.5. The Morgan fingerprint density at radius 3 is 2.62 bits per heavy atom. The number of ether oxygens (including phenoxy) is 1. The monoisotopic (exact) mass is 362 g/mol. The number of para-hydroxylation sites is 2. The van der Waals surface area contributed by atoms with Gasteiger partial charge in [-0.3, -0.25) is 14.4 Å². The number of nitrogens with zero attached hydrogens (tertiary/aromatic N) is 1. The summed E-state index contributed by atoms with van der Waals surface area (Å²) in [6.45, 7) is 5.69. The van der Waals surface area contributed by atoms with Gasteiger partial charge in [0.2, 0.25) is 11.8 Å². The van der Waals surface area contributed by atoms with Crippen LogP contribution in [0.15, 0.2) is 24.3 Å². The van der Waals surface area contributed by atoms with E-state index in [2.05, 4.69) is 5.32 Å². The van der Waals surface area contributed by atoms with Crippen molar-refractivity contribution in [1.29, 1.82) is 0 Å². The van der Waals surface area contributed by atoms with E-state index in [4.69, 9.17) is 9.84 Å². The zero-order valence-electron chi connectivity index (χ0n) is 15.6. The normalized spacial score (nSPS) is 19.3. The zero-order chi connectivity index (χ0) is 19.5. The smallest absolute Gasteiger partial charge is 0.305 e. The zero-order valence-corrected chi connectivity index (χ0v) is 15.6. The van der Waals surface area contributed by atoms with Gasteiger partial charge in [0.1, 0.15) is 5.75 Å². The first-order valence-corrected chi connectivity index (χ1v) is 8.65. The molecule has 1 saturated heterocycles. The highest BCUT2D eigenvalue weighted by Crippen LogP contribution is 2.33. The maximum Gasteiger partial charge on any atom is 0.305 e. The third-order valence-electron chi connectivity index (χ3n) is 5.07. The Hall–Kier alpha value is -2.57. The summed E-state index contributed by atoms with van der Waals surface area (Å²) in [5.74, 6) is -1.45. The molecule has 7 heteroatoms. The second kappa shape index (κ2) is 7.76. The summed E-state index contributed by atoms with van der Waals surface area (Å²) in [5, 5.41) is 12.0. The van der Waals surface area contributed by atoms with Crippen LogP contribution in [0.1, 0.15) is 33.6 Å². The lowest BCUT2D eigenvalue weighted by molar-refractivity contribution is -0.140. The van der Waals surface area contributed by atoms with Gasteiger partial charge in [-0.05, 0) is 25.0 Å². The van der Waals surface area contributed by atoms with Crippen LogP contribution < -0.4 is 15.0 Å². The molecule has 2 unspecified atom stereocenters. The van der Waals surface area contributed by atoms with Crippen LogP contribution in [0.4, 0.5) is 5.69 Å². The first-order valence-electron chi connectivity index (χ1n) is 8.65. The summed E-state index contributed by atoms with van der Waals surface area (Å²) in [4.78, 5) is 37.8. The number of anilines is 1. The van der Waals surface area contributed by atoms with Gasteiger partial charge >= 0.3 is 5.97 Å². The number of hydrogen-bond donors (Lipinski definition) is 2. The molecule has 142 valence electrons. The summed E-state index contributed by atoms with van der Waals surface area (Å²) < 4.78 is 5.30. The number of carboxylic acids is 1. The lowest BCUT2D eigenvalue weighted by Gasteiger charge is -2.34. The first-order chi connectivity index (χ1) is 12.2. The maximum atomic E-state index is 12.7. The van der Waals surface area contributed by atoms with Gasteiger partial charge in [0.25, 0.3) is 0 Å². The third-order valence-corrected chi connectivity index (χ3v) is 5.07. The molecule has 1 aromatic rings. The van der Waals surface area contributed by atoms with Crippen LogP contribution in [-0.4, -0.2) is 42.1 Å². The van der Waals surface area contributed by atoms with Crippen molar-refractivity contribution >= 4 is 23.5 Å². The van der Waals surface area contributed by atoms with Crippen molar-refractivity contribution in [3.05, 3.63) is 24.3 Å². The van der Waals surface area contributed by atoms with Crippen molar-refractivity contribution in [2.24, 2.45) is 11.8 Å². The van der Waals surface area contributed by atoms with E-state index in [1.54, 1.807) is 30.0 Å². The summed E-state index contributed by atoms with van der Waals surface area (Å²) in [6.07, 6.45) is -0.0849. The van der Waals surface area contributed by atoms with E-state index in [1.165, 1.54) is 7.11 Å². The van der Waals surface area contributed by atoms with Gasteiger partial charge < -0.3 is 20.1 Å². The van der Waals surface area contributed by atoms with E-state index in [1.807, 2.05) is 19.9 Å². The Morgan fingerprint density at radius 1 is 1.38 bits per heavy atom. The van der Waals surface area contributed by atoms with Crippen molar-refractivity contribution in [1.82, 2.24) is 5.32 Å². The van der Waals surface area contributed by atoms with Crippen molar-refractivity contribution in [3.63, 3.8) is 0 Å². The molecule has 1 aromatic carbocycles. The SMILES string of the molecule is COc1ccccc1N1CC(C(=O)NC(C)(CC(=O)O)C(C)C)CC1=O. The van der Waals surface area contributed by atoms with Crippen LogP contribution in [0.25, 0.3) is 0 Å². The Balaban J connectivity index is 2.14. The average molecular weight is 362 g/mol. The number of carboxylic acid groups (broad SMARTS) is 1. The van der Waals surface area contributed by atoms with E-state index in [0.717, 1.165) is 0 Å². The molecule has 26 heavy (non-hydrogen) atoms. The lowest BCUT2D eigenvalue weighted by atomic mass is 9.84. The van der Waals surface area contributed by atoms with Gasteiger partial charge in [-0.2, -0.15) is 0 Å². The maximum absolute atomic E-state index is 12.7. The van der Waals surface area contributed by atoms with E-state index in [9.17, 15) is 14.4 Å². The molecule has 1 heterocycles. The molecule has 2 amide bonds. The molecular weight excluding hydrogens is 336 g/mol. The number of amides is 2. The summed E-state index contributed by atoms with van der Waals surface area (Å²) >= 11 is 0. The molecule has 1 fully saturated rings. The minimum atomic E-state index is -0.973. The molecule has 1 aliphatic rings. The van der Waals surface area contributed by atoms with Gasteiger partial charge in [0.15, 0.2) is 0 Å². The quantitative estimate of drug-likeness (QED) is 0.774. The van der Waals surface area contributed by atoms with E-state index < -0.39 is 17.4 Å². The van der Waals surface area contributed by atoms with Crippen LogP contribution >= 0.6 is 0 Å². The number of hydrogen-bond acceptors (Lipinski definition) is 4. The van der Waals surface area contributed by atoms with Crippen molar-refractivity contribution in [2.45, 2.75) is 39.2 Å². The first kappa shape index (κ1) is 19.8. The number of rotatable bonds is 7. The van der Waals surface area contributed by atoms with E-state index in [-0.39, 0.29) is 37.1 Å². The number of methoxy groups -OCH3 is 1. The van der Waals surface area contributed by atoms with Gasteiger partial charge in [0, 0.05) is 18.5 Å². The molecular formula is C19H26N2O5. The van der Waals surface area contributed by atoms with Crippen LogP contribution in [0.3, 0.4) is 0 Å². The van der Waals surface area contributed by atoms with Gasteiger partial charge in [-0.25, -0.2) is 0 Å². The van der Waals surface area contributed by atoms with Gasteiger partial charge in [-0.15, -0.1) is 0 Å². The Morgan fingerprint density at radius 2 is 2.04 bits per heavy atom. The number of aliphatic carboxylic acids is 1. The fourth-order valence-electron chi connectivity index (χ4n) is 3.06. The second-order valence-electron chi connectivity index (χ2n) is 7.21. The fraction of sp³-hybridized carbons (Fsp3) is 0.526. The summed E-state index contributed by atoms with van der Waals surface area (Å²) in [6, 6.07) is 7.16. The molecule has 0 aromatic heterocycles. The predicted octanol–water partition coefficient (Wildman–Crippen LogP) is 2.05. The van der Waals surface area contributed by atoms with E-state index in [0.29, 0.717) is 11.4 Å². The Kier molecular flexibility index (Phi) is 5.90. The van der Waals surface area contributed by atoms with Crippen LogP contribution in [0.2, 0.25) is 0 Å². The molecule has 7 nitrogen and oxygen atoms in total. The topological polar surface area (TPSA) is 95.9 Å². The standard InChI is InChI=1S/C19H26N2O5/c1-12(2)19(3,10-17(23)24)20-18(25)13-9-16(22)21(11-13)14-7-5-6-8-15(14)26-4/h5-8,12-13H,9-11H2,1-4H3,(H,20,25)(H,23,24). The molecule has 2 atom stereocenters. The fourth-order valence-corrected chi connectivity index (χ4v) is 3.06. The minimum absolute atomic E-state index is 0.0648. The number of carbonyl (C=O) groups is 3. The average Bonchev–Trinajstić information content (AvgIpc) is 2.95. The summed E-state index contributed by atoms with van der Waals surface area (Å²) in [5.41, 5.74) is -0.239. The second-order valence-corrected chi connectivity index (χ2v) is 7.21. The van der Waals surface area contributed by atoms with Gasteiger partial charge in [-0.1, -0.05) is 26.0 Å². The van der Waals surface area contributed by atoms with Crippen molar-refractivity contribution in [3.8, 4) is 5.75 Å². The van der Waals surface area contributed by atoms with Crippen LogP contribution in [0.5, 0.6) is 5.75 Å². The molecule has 0 radical (unpaired) electrons. The molecule has 1 aliphatic heterocycles. The van der Waals surface area contributed by atoms with Crippen molar-refractivity contribution in [2.75, 3.05) is 18.6 Å². The van der Waals surface area contributed by atoms with Crippen LogP contribution in [0, 0.1) is 11.8 Å². The highest BCUT2D eigenvalue weighted by Gasteiger charge is 2.40. The summed E-state index contributed by atoms with van der Waals surface area (Å²) in [7, 11) is 1.53. The third kappa shape index (κ3) is 4.15. The van der Waals surface area contributed by atoms with E-state index >= 15 is 0 Å². The number of benzene rings is 1. The molecule has 0 saturated carbocycles. The van der Waals surface area contributed by atoms with Crippen LogP contribution in [-0.2, 0) is 14.4 Å². The highest BCUT2D eigenvalue weighted by molar-refractivity contribution is 6.01.